The molecule has 1 fully saturated rings. The van der Waals surface area contributed by atoms with E-state index in [1.54, 1.807) is 6.92 Å². The van der Waals surface area contributed by atoms with Crippen molar-refractivity contribution in [2.75, 3.05) is 19.8 Å². The van der Waals surface area contributed by atoms with Crippen LogP contribution in [0.25, 0.3) is 0 Å². The first-order chi connectivity index (χ1) is 7.83. The molecule has 1 heterocycles. The summed E-state index contributed by atoms with van der Waals surface area (Å²) in [6.07, 6.45) is -5.43. The van der Waals surface area contributed by atoms with Crippen molar-refractivity contribution in [3.63, 3.8) is 0 Å². The Labute approximate surface area is 101 Å². The minimum atomic E-state index is -4.80. The van der Waals surface area contributed by atoms with Gasteiger partial charge >= 0.3 is 12.1 Å². The van der Waals surface area contributed by atoms with Crippen LogP contribution in [0.15, 0.2) is 0 Å². The fraction of sp³-hybridized carbons (Fsp3) is 0.889. The summed E-state index contributed by atoms with van der Waals surface area (Å²) >= 11 is 5.59. The molecule has 100 valence electrons. The second-order valence-corrected chi connectivity index (χ2v) is 3.87. The van der Waals surface area contributed by atoms with Gasteiger partial charge in [-0.15, -0.1) is 11.6 Å². The minimum absolute atomic E-state index is 0.0726. The monoisotopic (exact) mass is 276 g/mol. The highest BCUT2D eigenvalue weighted by Gasteiger charge is 2.64. The first-order valence-corrected chi connectivity index (χ1v) is 5.41. The Morgan fingerprint density at radius 3 is 2.41 bits per heavy atom. The molecule has 1 saturated heterocycles. The van der Waals surface area contributed by atoms with Crippen molar-refractivity contribution < 1.29 is 32.2 Å². The summed E-state index contributed by atoms with van der Waals surface area (Å²) in [6, 6.07) is 0. The van der Waals surface area contributed by atoms with Gasteiger partial charge < -0.3 is 14.2 Å². The molecule has 0 aromatic rings. The predicted molar refractivity (Wildman–Crippen MR) is 51.6 cm³/mol. The van der Waals surface area contributed by atoms with Crippen molar-refractivity contribution in [2.24, 2.45) is 0 Å². The fourth-order valence-electron chi connectivity index (χ4n) is 1.45. The first kappa shape index (κ1) is 14.5. The van der Waals surface area contributed by atoms with Crippen LogP contribution in [-0.2, 0) is 19.0 Å². The second kappa shape index (κ2) is 5.41. The highest BCUT2D eigenvalue weighted by atomic mass is 35.5. The van der Waals surface area contributed by atoms with E-state index in [0.717, 1.165) is 0 Å². The first-order valence-electron chi connectivity index (χ1n) is 4.98. The number of rotatable bonds is 4. The Morgan fingerprint density at radius 1 is 1.47 bits per heavy atom. The average molecular weight is 277 g/mol. The van der Waals surface area contributed by atoms with E-state index < -0.39 is 29.7 Å². The number of halogens is 4. The van der Waals surface area contributed by atoms with Crippen molar-refractivity contribution in [3.05, 3.63) is 0 Å². The highest BCUT2D eigenvalue weighted by Crippen LogP contribution is 2.43. The van der Waals surface area contributed by atoms with E-state index in [-0.39, 0.29) is 19.8 Å². The van der Waals surface area contributed by atoms with E-state index in [1.165, 1.54) is 0 Å². The van der Waals surface area contributed by atoms with Crippen LogP contribution < -0.4 is 0 Å². The number of hydrogen-bond acceptors (Lipinski definition) is 4. The zero-order valence-electron chi connectivity index (χ0n) is 9.05. The van der Waals surface area contributed by atoms with Gasteiger partial charge in [0, 0.05) is 0 Å². The number of hydrogen-bond donors (Lipinski definition) is 0. The zero-order chi connectivity index (χ0) is 13.1. The molecule has 0 N–H and O–H groups in total. The third-order valence-electron chi connectivity index (χ3n) is 2.18. The quantitative estimate of drug-likeness (QED) is 0.581. The third-order valence-corrected chi connectivity index (χ3v) is 2.62. The third kappa shape index (κ3) is 3.02. The van der Waals surface area contributed by atoms with E-state index in [2.05, 4.69) is 14.2 Å². The lowest BCUT2D eigenvalue weighted by Crippen LogP contribution is -2.54. The zero-order valence-corrected chi connectivity index (χ0v) is 9.81. The molecule has 1 aliphatic rings. The summed E-state index contributed by atoms with van der Waals surface area (Å²) in [5.41, 5.74) is 0. The lowest BCUT2D eigenvalue weighted by atomic mass is 10.1. The molecule has 0 aromatic carbocycles. The molecule has 0 aromatic heterocycles. The van der Waals surface area contributed by atoms with Gasteiger partial charge in [0.15, 0.2) is 0 Å². The fourth-order valence-corrected chi connectivity index (χ4v) is 1.83. The van der Waals surface area contributed by atoms with Gasteiger partial charge in [-0.3, -0.25) is 4.79 Å². The second-order valence-electron chi connectivity index (χ2n) is 3.34. The summed E-state index contributed by atoms with van der Waals surface area (Å²) in [6.45, 7) is 1.18. The van der Waals surface area contributed by atoms with Crippen LogP contribution in [-0.4, -0.2) is 43.1 Å². The van der Waals surface area contributed by atoms with Gasteiger partial charge in [0.25, 0.3) is 5.79 Å². The van der Waals surface area contributed by atoms with Gasteiger partial charge in [-0.2, -0.15) is 13.2 Å². The summed E-state index contributed by atoms with van der Waals surface area (Å²) in [7, 11) is 0. The molecular weight excluding hydrogens is 265 g/mol. The molecule has 0 saturated carbocycles. The molecule has 0 amide bonds. The van der Waals surface area contributed by atoms with E-state index >= 15 is 0 Å². The van der Waals surface area contributed by atoms with E-state index in [0.29, 0.717) is 0 Å². The van der Waals surface area contributed by atoms with Gasteiger partial charge in [0.1, 0.15) is 5.38 Å². The number of carbonyl (C=O) groups is 1. The normalized spacial score (nSPS) is 21.2. The van der Waals surface area contributed by atoms with Crippen molar-refractivity contribution in [3.8, 4) is 0 Å². The predicted octanol–water partition coefficient (Wildman–Crippen LogP) is 1.85. The van der Waals surface area contributed by atoms with Crippen molar-refractivity contribution in [2.45, 2.75) is 30.7 Å². The Morgan fingerprint density at radius 2 is 2.00 bits per heavy atom. The lowest BCUT2D eigenvalue weighted by Gasteiger charge is -2.32. The van der Waals surface area contributed by atoms with Gasteiger partial charge in [0.05, 0.1) is 26.2 Å². The molecule has 0 radical (unpaired) electrons. The van der Waals surface area contributed by atoms with Gasteiger partial charge in [-0.1, -0.05) is 0 Å². The highest BCUT2D eigenvalue weighted by molar-refractivity contribution is 6.22. The molecular formula is C9H12ClF3O4. The molecule has 1 aliphatic heterocycles. The summed E-state index contributed by atoms with van der Waals surface area (Å²) in [4.78, 5) is 11.1. The van der Waals surface area contributed by atoms with Gasteiger partial charge in [-0.25, -0.2) is 0 Å². The van der Waals surface area contributed by atoms with Crippen molar-refractivity contribution >= 4 is 17.6 Å². The van der Waals surface area contributed by atoms with Crippen LogP contribution in [0.1, 0.15) is 13.3 Å². The molecule has 8 heteroatoms. The summed E-state index contributed by atoms with van der Waals surface area (Å²) in [5, 5.41) is -1.68. The molecule has 0 spiro atoms. The maximum absolute atomic E-state index is 12.8. The maximum Gasteiger partial charge on any atom is 0.444 e. The van der Waals surface area contributed by atoms with Crippen LogP contribution in [0.3, 0.4) is 0 Å². The van der Waals surface area contributed by atoms with Gasteiger partial charge in [-0.05, 0) is 6.92 Å². The van der Waals surface area contributed by atoms with Crippen LogP contribution in [0.5, 0.6) is 0 Å². The summed E-state index contributed by atoms with van der Waals surface area (Å²) < 4.78 is 52.1. The molecule has 1 atom stereocenters. The number of carbonyl (C=O) groups excluding carboxylic acids is 1. The lowest BCUT2D eigenvalue weighted by molar-refractivity contribution is -0.343. The van der Waals surface area contributed by atoms with Crippen LogP contribution in [0.4, 0.5) is 13.2 Å². The van der Waals surface area contributed by atoms with Crippen molar-refractivity contribution in [1.29, 1.82) is 0 Å². The van der Waals surface area contributed by atoms with E-state index in [4.69, 9.17) is 11.6 Å². The molecule has 17 heavy (non-hydrogen) atoms. The summed E-state index contributed by atoms with van der Waals surface area (Å²) in [5.74, 6) is -3.74. The maximum atomic E-state index is 12.8. The minimum Gasteiger partial charge on any atom is -0.466 e. The van der Waals surface area contributed by atoms with Crippen LogP contribution >= 0.6 is 11.6 Å². The largest absolute Gasteiger partial charge is 0.466 e. The average Bonchev–Trinajstić information content (AvgIpc) is 2.66. The molecule has 1 unspecified atom stereocenters. The Hall–Kier alpha value is -0.530. The standard InChI is InChI=1S/C9H12ClF3O4/c1-2-15-7(14)5-6(10)8(9(11,12)13)16-3-4-17-8/h6H,2-5H2,1H3. The number of esters is 1. The number of alkyl halides is 4. The molecule has 0 aliphatic carbocycles. The smallest absolute Gasteiger partial charge is 0.444 e. The molecule has 0 bridgehead atoms. The van der Waals surface area contributed by atoms with Gasteiger partial charge in [0.2, 0.25) is 0 Å². The van der Waals surface area contributed by atoms with Crippen molar-refractivity contribution in [1.82, 2.24) is 0 Å². The Balaban J connectivity index is 2.75. The van der Waals surface area contributed by atoms with Crippen LogP contribution in [0.2, 0.25) is 0 Å². The molecule has 1 rings (SSSR count). The topological polar surface area (TPSA) is 44.8 Å². The SMILES string of the molecule is CCOC(=O)CC(Cl)C1(C(F)(F)F)OCCO1. The Bertz CT molecular complexity index is 276. The number of ether oxygens (including phenoxy) is 3. The van der Waals surface area contributed by atoms with E-state index in [1.807, 2.05) is 0 Å². The van der Waals surface area contributed by atoms with Crippen LogP contribution in [0, 0.1) is 0 Å². The van der Waals surface area contributed by atoms with E-state index in [9.17, 15) is 18.0 Å². The molecule has 4 nitrogen and oxygen atoms in total. The Kier molecular flexibility index (Phi) is 4.62.